The predicted octanol–water partition coefficient (Wildman–Crippen LogP) is 4.65. The molecule has 25 heavy (non-hydrogen) atoms. The van der Waals surface area contributed by atoms with E-state index in [0.29, 0.717) is 11.8 Å². The highest BCUT2D eigenvalue weighted by Gasteiger charge is 2.49. The molecule has 4 aliphatic carbocycles. The lowest BCUT2D eigenvalue weighted by molar-refractivity contribution is -0.172. The second kappa shape index (κ2) is 8.55. The van der Waals surface area contributed by atoms with E-state index >= 15 is 0 Å². The van der Waals surface area contributed by atoms with E-state index in [1.54, 1.807) is 0 Å². The summed E-state index contributed by atoms with van der Waals surface area (Å²) >= 11 is 0. The molecule has 4 aliphatic rings. The van der Waals surface area contributed by atoms with Crippen molar-refractivity contribution in [1.82, 2.24) is 0 Å². The van der Waals surface area contributed by atoms with Crippen LogP contribution in [0.2, 0.25) is 0 Å². The van der Waals surface area contributed by atoms with Gasteiger partial charge in [0.05, 0.1) is 18.9 Å². The number of rotatable bonds is 9. The van der Waals surface area contributed by atoms with Gasteiger partial charge in [-0.2, -0.15) is 0 Å². The maximum absolute atomic E-state index is 12.2. The Labute approximate surface area is 152 Å². The Bertz CT molecular complexity index is 445. The average Bonchev–Trinajstić information content (AvgIpc) is 2.56. The minimum Gasteiger partial charge on any atom is -0.463 e. The van der Waals surface area contributed by atoms with Gasteiger partial charge in [-0.15, -0.1) is 0 Å². The van der Waals surface area contributed by atoms with Crippen molar-refractivity contribution in [2.24, 2.45) is 23.7 Å². The van der Waals surface area contributed by atoms with Crippen LogP contribution in [0.25, 0.3) is 0 Å². The van der Waals surface area contributed by atoms with Gasteiger partial charge in [-0.3, -0.25) is 9.59 Å². The minimum absolute atomic E-state index is 0.0560. The van der Waals surface area contributed by atoms with Crippen LogP contribution >= 0.6 is 0 Å². The molecule has 4 bridgehead atoms. The van der Waals surface area contributed by atoms with Crippen molar-refractivity contribution in [3.8, 4) is 0 Å². The third kappa shape index (κ3) is 4.98. The molecule has 4 heteroatoms. The lowest BCUT2D eigenvalue weighted by Crippen LogP contribution is -2.50. The van der Waals surface area contributed by atoms with Crippen LogP contribution in [0.4, 0.5) is 0 Å². The SMILES string of the molecule is CCCCCC(C)OC(=O)CCC(=O)OC1C2CC3CC(C2)CC1C3. The highest BCUT2D eigenvalue weighted by molar-refractivity contribution is 5.77. The molecular weight excluding hydrogens is 316 g/mol. The summed E-state index contributed by atoms with van der Waals surface area (Å²) in [5, 5.41) is 0. The van der Waals surface area contributed by atoms with E-state index in [2.05, 4.69) is 6.92 Å². The fourth-order valence-corrected chi connectivity index (χ4v) is 5.51. The number of carbonyl (C=O) groups is 2. The van der Waals surface area contributed by atoms with Gasteiger partial charge in [0.25, 0.3) is 0 Å². The number of hydrogen-bond donors (Lipinski definition) is 0. The van der Waals surface area contributed by atoms with Crippen molar-refractivity contribution < 1.29 is 19.1 Å². The normalized spacial score (nSPS) is 33.9. The van der Waals surface area contributed by atoms with Crippen LogP contribution in [0.1, 0.15) is 84.5 Å². The monoisotopic (exact) mass is 350 g/mol. The Morgan fingerprint density at radius 3 is 2.12 bits per heavy atom. The van der Waals surface area contributed by atoms with Gasteiger partial charge in [0.1, 0.15) is 6.10 Å². The van der Waals surface area contributed by atoms with E-state index in [9.17, 15) is 9.59 Å². The number of unbranched alkanes of at least 4 members (excludes halogenated alkanes) is 2. The second-order valence-corrected chi connectivity index (χ2v) is 8.68. The van der Waals surface area contributed by atoms with Crippen LogP contribution in [0, 0.1) is 23.7 Å². The van der Waals surface area contributed by atoms with Crippen LogP contribution in [0.5, 0.6) is 0 Å². The Hall–Kier alpha value is -1.06. The molecule has 0 amide bonds. The van der Waals surface area contributed by atoms with Crippen LogP contribution in [-0.4, -0.2) is 24.1 Å². The van der Waals surface area contributed by atoms with Gasteiger partial charge in [-0.25, -0.2) is 0 Å². The zero-order chi connectivity index (χ0) is 17.8. The van der Waals surface area contributed by atoms with Gasteiger partial charge in [-0.1, -0.05) is 19.8 Å². The van der Waals surface area contributed by atoms with Crippen molar-refractivity contribution in [3.63, 3.8) is 0 Å². The summed E-state index contributed by atoms with van der Waals surface area (Å²) < 4.78 is 11.2. The largest absolute Gasteiger partial charge is 0.463 e. The number of esters is 2. The lowest BCUT2D eigenvalue weighted by Gasteiger charge is -2.53. The van der Waals surface area contributed by atoms with Gasteiger partial charge in [0.15, 0.2) is 0 Å². The van der Waals surface area contributed by atoms with Crippen molar-refractivity contribution in [1.29, 1.82) is 0 Å². The minimum atomic E-state index is -0.272. The summed E-state index contributed by atoms with van der Waals surface area (Å²) in [6.45, 7) is 4.09. The molecule has 1 unspecified atom stereocenters. The molecule has 4 saturated carbocycles. The smallest absolute Gasteiger partial charge is 0.306 e. The molecule has 0 radical (unpaired) electrons. The van der Waals surface area contributed by atoms with Crippen molar-refractivity contribution >= 4 is 11.9 Å². The summed E-state index contributed by atoms with van der Waals surface area (Å²) in [6.07, 6.45) is 11.0. The quantitative estimate of drug-likeness (QED) is 0.449. The summed E-state index contributed by atoms with van der Waals surface area (Å²) in [6, 6.07) is 0. The first-order valence-corrected chi connectivity index (χ1v) is 10.4. The first-order valence-electron chi connectivity index (χ1n) is 10.4. The van der Waals surface area contributed by atoms with Crippen LogP contribution in [0.15, 0.2) is 0 Å². The molecular formula is C21H34O4. The molecule has 0 spiro atoms. The van der Waals surface area contributed by atoms with E-state index in [-0.39, 0.29) is 37.0 Å². The average molecular weight is 350 g/mol. The van der Waals surface area contributed by atoms with Gasteiger partial charge < -0.3 is 9.47 Å². The summed E-state index contributed by atoms with van der Waals surface area (Å²) in [5.41, 5.74) is 0. The molecule has 0 aromatic heterocycles. The Morgan fingerprint density at radius 2 is 1.52 bits per heavy atom. The van der Waals surface area contributed by atoms with Gasteiger partial charge in [-0.05, 0) is 75.5 Å². The van der Waals surface area contributed by atoms with Crippen LogP contribution in [-0.2, 0) is 19.1 Å². The molecule has 0 heterocycles. The molecule has 142 valence electrons. The number of hydrogen-bond acceptors (Lipinski definition) is 4. The zero-order valence-electron chi connectivity index (χ0n) is 15.9. The Balaban J connectivity index is 1.35. The first-order chi connectivity index (χ1) is 12.0. The number of carbonyl (C=O) groups excluding carboxylic acids is 2. The van der Waals surface area contributed by atoms with E-state index < -0.39 is 0 Å². The molecule has 0 aliphatic heterocycles. The molecule has 1 atom stereocenters. The highest BCUT2D eigenvalue weighted by Crippen LogP contribution is 2.54. The van der Waals surface area contributed by atoms with E-state index in [0.717, 1.165) is 31.1 Å². The van der Waals surface area contributed by atoms with Gasteiger partial charge in [0, 0.05) is 0 Å². The van der Waals surface area contributed by atoms with Gasteiger partial charge in [0.2, 0.25) is 0 Å². The molecule has 4 fully saturated rings. The van der Waals surface area contributed by atoms with E-state index in [1.807, 2.05) is 6.92 Å². The maximum atomic E-state index is 12.2. The summed E-state index contributed by atoms with van der Waals surface area (Å²) in [5.74, 6) is 2.42. The van der Waals surface area contributed by atoms with Gasteiger partial charge >= 0.3 is 11.9 Å². The standard InChI is InChI=1S/C21H34O4/c1-3-4-5-6-14(2)24-19(22)7-8-20(23)25-21-17-10-15-9-16(12-17)13-18(21)11-15/h14-18,21H,3-13H2,1-2H3. The second-order valence-electron chi connectivity index (χ2n) is 8.68. The lowest BCUT2D eigenvalue weighted by atomic mass is 9.55. The number of ether oxygens (including phenoxy) is 2. The third-order valence-electron chi connectivity index (χ3n) is 6.49. The molecule has 4 rings (SSSR count). The molecule has 0 saturated heterocycles. The third-order valence-corrected chi connectivity index (χ3v) is 6.49. The summed E-state index contributed by atoms with van der Waals surface area (Å²) in [4.78, 5) is 24.1. The zero-order valence-corrected chi connectivity index (χ0v) is 15.9. The fraction of sp³-hybridized carbons (Fsp3) is 0.905. The van der Waals surface area contributed by atoms with Crippen LogP contribution < -0.4 is 0 Å². The molecule has 0 aromatic rings. The molecule has 0 N–H and O–H groups in total. The predicted molar refractivity (Wildman–Crippen MR) is 95.9 cm³/mol. The topological polar surface area (TPSA) is 52.6 Å². The Kier molecular flexibility index (Phi) is 6.40. The molecule has 4 nitrogen and oxygen atoms in total. The van der Waals surface area contributed by atoms with Crippen LogP contribution in [0.3, 0.4) is 0 Å². The van der Waals surface area contributed by atoms with Crippen molar-refractivity contribution in [2.75, 3.05) is 0 Å². The fourth-order valence-electron chi connectivity index (χ4n) is 5.51. The maximum Gasteiger partial charge on any atom is 0.306 e. The first kappa shape index (κ1) is 18.7. The summed E-state index contributed by atoms with van der Waals surface area (Å²) in [7, 11) is 0. The van der Waals surface area contributed by atoms with E-state index in [4.69, 9.17) is 9.47 Å². The van der Waals surface area contributed by atoms with E-state index in [1.165, 1.54) is 38.5 Å². The highest BCUT2D eigenvalue weighted by atomic mass is 16.6. The Morgan fingerprint density at radius 1 is 0.920 bits per heavy atom. The van der Waals surface area contributed by atoms with Crippen molar-refractivity contribution in [2.45, 2.75) is 96.7 Å². The molecule has 0 aromatic carbocycles. The van der Waals surface area contributed by atoms with Crippen molar-refractivity contribution in [3.05, 3.63) is 0 Å².